The van der Waals surface area contributed by atoms with Gasteiger partial charge in [-0.05, 0) is 61.0 Å². The Kier molecular flexibility index (Phi) is 5.96. The van der Waals surface area contributed by atoms with Gasteiger partial charge in [-0.15, -0.1) is 0 Å². The minimum Gasteiger partial charge on any atom is -0.507 e. The third-order valence-corrected chi connectivity index (χ3v) is 7.31. The first-order chi connectivity index (χ1) is 18.4. The van der Waals surface area contributed by atoms with Crippen LogP contribution in [0.5, 0.6) is 17.2 Å². The van der Waals surface area contributed by atoms with Crippen molar-refractivity contribution in [1.29, 1.82) is 0 Å². The van der Waals surface area contributed by atoms with E-state index in [1.807, 2.05) is 6.92 Å². The summed E-state index contributed by atoms with van der Waals surface area (Å²) >= 11 is 1.09. The van der Waals surface area contributed by atoms with Gasteiger partial charge >= 0.3 is 5.91 Å². The van der Waals surface area contributed by atoms with Gasteiger partial charge in [-0.3, -0.25) is 14.5 Å². The van der Waals surface area contributed by atoms with Gasteiger partial charge in [0.15, 0.2) is 16.6 Å². The molecule has 1 N–H and O–H groups in total. The number of hydrogen-bond acceptors (Lipinski definition) is 8. The van der Waals surface area contributed by atoms with E-state index in [9.17, 15) is 19.1 Å². The molecule has 0 bridgehead atoms. The third-order valence-electron chi connectivity index (χ3n) is 6.29. The summed E-state index contributed by atoms with van der Waals surface area (Å²) in [4.78, 5) is 32.7. The number of aliphatic hydroxyl groups is 1. The standard InChI is InChI=1S/C28H21FN2O6S/c1-2-35-18-5-3-4-15(12-18)24-23(25(32)16-6-9-20-21(13-16)37-11-10-36-20)26(33)27(34)31(24)28-30-19-8-7-17(29)14-22(19)38-28/h3-9,12-14,24,32H,2,10-11H2,1H3/b25-23+. The molecule has 0 spiro atoms. The summed E-state index contributed by atoms with van der Waals surface area (Å²) in [5.74, 6) is -1.02. The number of ketones is 1. The SMILES string of the molecule is CCOc1cccc(C2/C(=C(\O)c3ccc4c(c3)OCCO4)C(=O)C(=O)N2c2nc3ccc(F)cc3s2)c1. The number of carbonyl (C=O) groups excluding carboxylic acids is 2. The zero-order valence-electron chi connectivity index (χ0n) is 20.1. The number of anilines is 1. The van der Waals surface area contributed by atoms with Crippen molar-refractivity contribution in [2.75, 3.05) is 24.7 Å². The van der Waals surface area contributed by atoms with Crippen molar-refractivity contribution in [1.82, 2.24) is 4.98 Å². The van der Waals surface area contributed by atoms with Crippen LogP contribution in [0.2, 0.25) is 0 Å². The van der Waals surface area contributed by atoms with E-state index in [2.05, 4.69) is 4.98 Å². The number of halogens is 1. The van der Waals surface area contributed by atoms with Crippen molar-refractivity contribution >= 4 is 44.1 Å². The van der Waals surface area contributed by atoms with Gasteiger partial charge in [0, 0.05) is 5.56 Å². The second-order valence-electron chi connectivity index (χ2n) is 8.64. The highest BCUT2D eigenvalue weighted by atomic mass is 32.1. The third kappa shape index (κ3) is 4.03. The van der Waals surface area contributed by atoms with Crippen LogP contribution < -0.4 is 19.1 Å². The first-order valence-electron chi connectivity index (χ1n) is 11.9. The zero-order valence-corrected chi connectivity index (χ0v) is 21.0. The summed E-state index contributed by atoms with van der Waals surface area (Å²) in [5.41, 5.74) is 1.22. The molecule has 2 aliphatic rings. The number of ether oxygens (including phenoxy) is 3. The highest BCUT2D eigenvalue weighted by Crippen LogP contribution is 2.45. The Hall–Kier alpha value is -4.44. The topological polar surface area (TPSA) is 98.2 Å². The number of amides is 1. The van der Waals surface area contributed by atoms with Crippen LogP contribution in [0.1, 0.15) is 24.1 Å². The number of nitrogens with zero attached hydrogens (tertiary/aromatic N) is 2. The molecule has 10 heteroatoms. The van der Waals surface area contributed by atoms with Gasteiger partial charge in [-0.25, -0.2) is 9.37 Å². The number of aliphatic hydroxyl groups excluding tert-OH is 1. The van der Waals surface area contributed by atoms with Gasteiger partial charge in [0.2, 0.25) is 0 Å². The van der Waals surface area contributed by atoms with E-state index in [0.717, 1.165) is 11.3 Å². The van der Waals surface area contributed by atoms with E-state index in [1.165, 1.54) is 23.1 Å². The minimum atomic E-state index is -1.01. The maximum absolute atomic E-state index is 13.9. The molecular formula is C28H21FN2O6S. The van der Waals surface area contributed by atoms with E-state index < -0.39 is 23.5 Å². The molecule has 2 aliphatic heterocycles. The fourth-order valence-corrected chi connectivity index (χ4v) is 5.64. The van der Waals surface area contributed by atoms with Crippen molar-refractivity contribution in [2.45, 2.75) is 13.0 Å². The number of rotatable bonds is 5. The Morgan fingerprint density at radius 3 is 2.74 bits per heavy atom. The molecule has 3 aromatic carbocycles. The monoisotopic (exact) mass is 532 g/mol. The van der Waals surface area contributed by atoms with Crippen molar-refractivity contribution in [3.63, 3.8) is 0 Å². The maximum atomic E-state index is 13.9. The highest BCUT2D eigenvalue weighted by Gasteiger charge is 2.48. The molecule has 1 aromatic heterocycles. The molecule has 1 amide bonds. The van der Waals surface area contributed by atoms with E-state index in [0.29, 0.717) is 58.4 Å². The molecule has 8 nitrogen and oxygen atoms in total. The van der Waals surface area contributed by atoms with Gasteiger partial charge in [0.25, 0.3) is 5.78 Å². The second-order valence-corrected chi connectivity index (χ2v) is 9.65. The number of fused-ring (bicyclic) bond motifs is 2. The molecule has 0 saturated carbocycles. The maximum Gasteiger partial charge on any atom is 0.301 e. The summed E-state index contributed by atoms with van der Waals surface area (Å²) in [6.45, 7) is 3.03. The summed E-state index contributed by atoms with van der Waals surface area (Å²) in [6, 6.07) is 14.9. The predicted octanol–water partition coefficient (Wildman–Crippen LogP) is 5.23. The van der Waals surface area contributed by atoms with Crippen LogP contribution in [-0.2, 0) is 9.59 Å². The van der Waals surface area contributed by atoms with Crippen LogP contribution in [0.3, 0.4) is 0 Å². The van der Waals surface area contributed by atoms with Crippen LogP contribution in [0.25, 0.3) is 16.0 Å². The lowest BCUT2D eigenvalue weighted by Gasteiger charge is -2.23. The summed E-state index contributed by atoms with van der Waals surface area (Å²) in [5, 5.41) is 11.7. The van der Waals surface area contributed by atoms with Crippen molar-refractivity contribution in [3.8, 4) is 17.2 Å². The Labute approximate surface area is 220 Å². The molecule has 192 valence electrons. The summed E-state index contributed by atoms with van der Waals surface area (Å²) in [6.07, 6.45) is 0. The number of hydrogen-bond donors (Lipinski definition) is 1. The van der Waals surface area contributed by atoms with Crippen molar-refractivity contribution in [2.24, 2.45) is 0 Å². The second kappa shape index (κ2) is 9.46. The Morgan fingerprint density at radius 1 is 1.11 bits per heavy atom. The first kappa shape index (κ1) is 23.9. The first-order valence-corrected chi connectivity index (χ1v) is 12.8. The van der Waals surface area contributed by atoms with E-state index in [1.54, 1.807) is 42.5 Å². The smallest absolute Gasteiger partial charge is 0.301 e. The summed E-state index contributed by atoms with van der Waals surface area (Å²) < 4.78 is 31.2. The average Bonchev–Trinajstić information content (AvgIpc) is 3.46. The molecule has 1 fully saturated rings. The number of aromatic nitrogens is 1. The van der Waals surface area contributed by atoms with Crippen LogP contribution in [-0.4, -0.2) is 41.6 Å². The van der Waals surface area contributed by atoms with E-state index in [-0.39, 0.29) is 16.5 Å². The number of thiazole rings is 1. The van der Waals surface area contributed by atoms with E-state index in [4.69, 9.17) is 14.2 Å². The molecule has 38 heavy (non-hydrogen) atoms. The fraction of sp³-hybridized carbons (Fsp3) is 0.179. The lowest BCUT2D eigenvalue weighted by molar-refractivity contribution is -0.132. The predicted molar refractivity (Wildman–Crippen MR) is 139 cm³/mol. The van der Waals surface area contributed by atoms with Crippen LogP contribution in [0.15, 0.2) is 66.2 Å². The summed E-state index contributed by atoms with van der Waals surface area (Å²) in [7, 11) is 0. The molecule has 6 rings (SSSR count). The van der Waals surface area contributed by atoms with E-state index >= 15 is 0 Å². The largest absolute Gasteiger partial charge is 0.507 e. The highest BCUT2D eigenvalue weighted by molar-refractivity contribution is 7.22. The zero-order chi connectivity index (χ0) is 26.4. The van der Waals surface area contributed by atoms with Crippen LogP contribution in [0.4, 0.5) is 9.52 Å². The molecule has 0 radical (unpaired) electrons. The molecule has 3 heterocycles. The Bertz CT molecular complexity index is 1630. The van der Waals surface area contributed by atoms with Gasteiger partial charge in [-0.2, -0.15) is 0 Å². The van der Waals surface area contributed by atoms with Gasteiger partial charge in [0.1, 0.15) is 30.5 Å². The normalized spacial score (nSPS) is 18.3. The van der Waals surface area contributed by atoms with Crippen molar-refractivity contribution < 1.29 is 33.3 Å². The lowest BCUT2D eigenvalue weighted by Crippen LogP contribution is -2.29. The number of benzene rings is 3. The minimum absolute atomic E-state index is 0.106. The fourth-order valence-electron chi connectivity index (χ4n) is 4.62. The van der Waals surface area contributed by atoms with Gasteiger partial charge in [0.05, 0.1) is 28.4 Å². The molecular weight excluding hydrogens is 511 g/mol. The Morgan fingerprint density at radius 2 is 1.92 bits per heavy atom. The molecule has 0 aliphatic carbocycles. The van der Waals surface area contributed by atoms with Crippen molar-refractivity contribution in [3.05, 3.63) is 83.2 Å². The number of Topliss-reactive ketones (excluding diaryl/α,β-unsaturated/α-hetero) is 1. The molecule has 1 unspecified atom stereocenters. The lowest BCUT2D eigenvalue weighted by atomic mass is 9.95. The molecule has 1 saturated heterocycles. The average molecular weight is 533 g/mol. The van der Waals surface area contributed by atoms with Gasteiger partial charge in [-0.1, -0.05) is 23.5 Å². The van der Waals surface area contributed by atoms with Crippen LogP contribution >= 0.6 is 11.3 Å². The molecule has 4 aromatic rings. The van der Waals surface area contributed by atoms with Crippen LogP contribution in [0, 0.1) is 5.82 Å². The van der Waals surface area contributed by atoms with Gasteiger partial charge < -0.3 is 19.3 Å². The molecule has 1 atom stereocenters. The number of carbonyl (C=O) groups is 2. The quantitative estimate of drug-likeness (QED) is 0.213. The Balaban J connectivity index is 1.54.